The Hall–Kier alpha value is -7.43. The van der Waals surface area contributed by atoms with Crippen LogP contribution in [0, 0.1) is 0 Å². The van der Waals surface area contributed by atoms with Gasteiger partial charge in [0.2, 0.25) is 5.89 Å². The van der Waals surface area contributed by atoms with Gasteiger partial charge < -0.3 is 13.7 Å². The summed E-state index contributed by atoms with van der Waals surface area (Å²) in [5.41, 5.74) is 11.6. The Kier molecular flexibility index (Phi) is 7.14. The molecule has 11 rings (SSSR count). The van der Waals surface area contributed by atoms with Crippen LogP contribution in [0.2, 0.25) is 0 Å². The SMILES string of the molecule is c1ccc(-c2nc3c(-c4ccc(N(c5ccc6ccc7ccccc7c6c5)c5ccccc5-c5ccccc5)cc4)c4c(cc3o2)oc2ccccc24)cc1. The van der Waals surface area contributed by atoms with Gasteiger partial charge in [0, 0.05) is 44.9 Å². The van der Waals surface area contributed by atoms with E-state index in [2.05, 4.69) is 150 Å². The lowest BCUT2D eigenvalue weighted by Gasteiger charge is -2.28. The summed E-state index contributed by atoms with van der Waals surface area (Å²) in [5.74, 6) is 0.581. The maximum absolute atomic E-state index is 6.44. The van der Waals surface area contributed by atoms with Gasteiger partial charge in [-0.25, -0.2) is 4.98 Å². The topological polar surface area (TPSA) is 42.4 Å². The molecule has 0 saturated heterocycles. The maximum atomic E-state index is 6.44. The summed E-state index contributed by atoms with van der Waals surface area (Å²) in [4.78, 5) is 7.50. The van der Waals surface area contributed by atoms with E-state index in [0.29, 0.717) is 11.5 Å². The summed E-state index contributed by atoms with van der Waals surface area (Å²) >= 11 is 0. The molecule has 0 spiro atoms. The van der Waals surface area contributed by atoms with Crippen LogP contribution in [-0.2, 0) is 0 Å². The fourth-order valence-electron chi connectivity index (χ4n) is 8.12. The molecule has 55 heavy (non-hydrogen) atoms. The molecular formula is C51H32N2O2. The fourth-order valence-corrected chi connectivity index (χ4v) is 8.12. The molecule has 0 N–H and O–H groups in total. The van der Waals surface area contributed by atoms with Gasteiger partial charge in [-0.05, 0) is 81.2 Å². The van der Waals surface area contributed by atoms with Crippen molar-refractivity contribution in [1.82, 2.24) is 4.98 Å². The van der Waals surface area contributed by atoms with Gasteiger partial charge in [-0.2, -0.15) is 0 Å². The lowest BCUT2D eigenvalue weighted by atomic mass is 9.97. The zero-order valence-electron chi connectivity index (χ0n) is 29.7. The number of oxazole rings is 1. The monoisotopic (exact) mass is 704 g/mol. The molecule has 0 aliphatic carbocycles. The van der Waals surface area contributed by atoms with Crippen molar-refractivity contribution >= 4 is 71.6 Å². The zero-order valence-corrected chi connectivity index (χ0v) is 29.7. The summed E-state index contributed by atoms with van der Waals surface area (Å²) in [6.07, 6.45) is 0. The van der Waals surface area contributed by atoms with E-state index in [1.165, 1.54) is 21.5 Å². The molecule has 9 aromatic carbocycles. The van der Waals surface area contributed by atoms with Crippen LogP contribution in [0.4, 0.5) is 17.1 Å². The predicted octanol–water partition coefficient (Wildman–Crippen LogP) is 14.5. The molecule has 2 heterocycles. The number of para-hydroxylation sites is 2. The summed E-state index contributed by atoms with van der Waals surface area (Å²) in [7, 11) is 0. The first-order chi connectivity index (χ1) is 27.3. The van der Waals surface area contributed by atoms with Gasteiger partial charge in [-0.1, -0.05) is 140 Å². The van der Waals surface area contributed by atoms with E-state index in [0.717, 1.165) is 72.3 Å². The molecule has 0 aliphatic heterocycles. The molecule has 11 aromatic rings. The Bertz CT molecular complexity index is 3200. The molecule has 0 amide bonds. The van der Waals surface area contributed by atoms with E-state index < -0.39 is 0 Å². The third kappa shape index (κ3) is 5.19. The van der Waals surface area contributed by atoms with Gasteiger partial charge >= 0.3 is 0 Å². The smallest absolute Gasteiger partial charge is 0.227 e. The number of hydrogen-bond acceptors (Lipinski definition) is 4. The number of anilines is 3. The van der Waals surface area contributed by atoms with Crippen LogP contribution in [0.5, 0.6) is 0 Å². The number of rotatable bonds is 6. The normalized spacial score (nSPS) is 11.6. The number of fused-ring (bicyclic) bond motifs is 7. The van der Waals surface area contributed by atoms with Crippen molar-refractivity contribution in [2.24, 2.45) is 0 Å². The third-order valence-electron chi connectivity index (χ3n) is 10.7. The molecule has 0 bridgehead atoms. The molecular weight excluding hydrogens is 673 g/mol. The van der Waals surface area contributed by atoms with E-state index in [1.54, 1.807) is 0 Å². The highest BCUT2D eigenvalue weighted by molar-refractivity contribution is 6.19. The number of benzene rings is 9. The van der Waals surface area contributed by atoms with E-state index in [-0.39, 0.29) is 0 Å². The molecule has 0 atom stereocenters. The summed E-state index contributed by atoms with van der Waals surface area (Å²) in [5, 5.41) is 6.96. The van der Waals surface area contributed by atoms with Crippen molar-refractivity contribution in [3.8, 4) is 33.7 Å². The number of furan rings is 1. The zero-order chi connectivity index (χ0) is 36.3. The standard InChI is InChI=1S/C51H32N2O2/c1-3-13-33(14-4-1)41-19-9-11-21-44(41)53(39-30-25-35-24-23-34-15-7-8-18-40(34)43(35)31-39)38-28-26-36(27-29-38)48-49-42-20-10-12-22-45(42)54-46(49)32-47-50(48)52-51(55-47)37-16-5-2-6-17-37/h1-32H. The molecule has 0 saturated carbocycles. The second-order valence-corrected chi connectivity index (χ2v) is 13.9. The molecule has 0 radical (unpaired) electrons. The Labute approximate surface area is 317 Å². The highest BCUT2D eigenvalue weighted by atomic mass is 16.4. The van der Waals surface area contributed by atoms with Crippen LogP contribution in [0.3, 0.4) is 0 Å². The van der Waals surface area contributed by atoms with Gasteiger partial charge in [0.15, 0.2) is 5.58 Å². The summed E-state index contributed by atoms with van der Waals surface area (Å²) in [6, 6.07) is 68.2. The van der Waals surface area contributed by atoms with Crippen molar-refractivity contribution in [3.05, 3.63) is 194 Å². The van der Waals surface area contributed by atoms with Crippen molar-refractivity contribution in [2.45, 2.75) is 0 Å². The fraction of sp³-hybridized carbons (Fsp3) is 0. The highest BCUT2D eigenvalue weighted by Crippen LogP contribution is 2.46. The quantitative estimate of drug-likeness (QED) is 0.162. The Morgan fingerprint density at radius 2 is 1.04 bits per heavy atom. The summed E-state index contributed by atoms with van der Waals surface area (Å²) in [6.45, 7) is 0. The van der Waals surface area contributed by atoms with Gasteiger partial charge in [0.1, 0.15) is 16.7 Å². The molecule has 0 fully saturated rings. The Morgan fingerprint density at radius 3 is 1.85 bits per heavy atom. The van der Waals surface area contributed by atoms with Gasteiger partial charge in [0.25, 0.3) is 0 Å². The second-order valence-electron chi connectivity index (χ2n) is 13.9. The Morgan fingerprint density at radius 1 is 0.400 bits per heavy atom. The van der Waals surface area contributed by atoms with Crippen LogP contribution in [0.15, 0.2) is 203 Å². The number of aromatic nitrogens is 1. The third-order valence-corrected chi connectivity index (χ3v) is 10.7. The minimum absolute atomic E-state index is 0.581. The van der Waals surface area contributed by atoms with E-state index in [1.807, 2.05) is 48.5 Å². The van der Waals surface area contributed by atoms with E-state index in [9.17, 15) is 0 Å². The largest absolute Gasteiger partial charge is 0.456 e. The molecule has 2 aromatic heterocycles. The minimum Gasteiger partial charge on any atom is -0.456 e. The van der Waals surface area contributed by atoms with Crippen LogP contribution in [0.25, 0.3) is 88.3 Å². The average Bonchev–Trinajstić information content (AvgIpc) is 3.85. The van der Waals surface area contributed by atoms with Crippen LogP contribution in [0.1, 0.15) is 0 Å². The maximum Gasteiger partial charge on any atom is 0.227 e. The molecule has 0 aliphatic rings. The number of nitrogens with zero attached hydrogens (tertiary/aromatic N) is 2. The van der Waals surface area contributed by atoms with Crippen LogP contribution < -0.4 is 4.90 Å². The van der Waals surface area contributed by atoms with Crippen LogP contribution in [-0.4, -0.2) is 4.98 Å². The second kappa shape index (κ2) is 12.6. The first-order valence-electron chi connectivity index (χ1n) is 18.5. The first kappa shape index (κ1) is 31.1. The van der Waals surface area contributed by atoms with E-state index in [4.69, 9.17) is 13.8 Å². The van der Waals surface area contributed by atoms with Crippen molar-refractivity contribution in [1.29, 1.82) is 0 Å². The molecule has 0 unspecified atom stereocenters. The lowest BCUT2D eigenvalue weighted by Crippen LogP contribution is -2.11. The molecule has 258 valence electrons. The Balaban J connectivity index is 1.13. The van der Waals surface area contributed by atoms with Crippen LogP contribution >= 0.6 is 0 Å². The number of hydrogen-bond donors (Lipinski definition) is 0. The lowest BCUT2D eigenvalue weighted by molar-refractivity contribution is 0.617. The molecule has 4 heteroatoms. The predicted molar refractivity (Wildman–Crippen MR) is 227 cm³/mol. The van der Waals surface area contributed by atoms with Gasteiger partial charge in [0.05, 0.1) is 5.69 Å². The van der Waals surface area contributed by atoms with Crippen molar-refractivity contribution in [3.63, 3.8) is 0 Å². The first-order valence-corrected chi connectivity index (χ1v) is 18.5. The average molecular weight is 705 g/mol. The van der Waals surface area contributed by atoms with Crippen molar-refractivity contribution in [2.75, 3.05) is 4.90 Å². The highest BCUT2D eigenvalue weighted by Gasteiger charge is 2.23. The van der Waals surface area contributed by atoms with E-state index >= 15 is 0 Å². The summed E-state index contributed by atoms with van der Waals surface area (Å²) < 4.78 is 12.9. The molecule has 4 nitrogen and oxygen atoms in total. The van der Waals surface area contributed by atoms with Gasteiger partial charge in [-0.15, -0.1) is 0 Å². The van der Waals surface area contributed by atoms with Crippen molar-refractivity contribution < 1.29 is 8.83 Å². The minimum atomic E-state index is 0.581. The van der Waals surface area contributed by atoms with Gasteiger partial charge in [-0.3, -0.25) is 0 Å².